The van der Waals surface area contributed by atoms with Gasteiger partial charge in [-0.1, -0.05) is 41.9 Å². The Kier molecular flexibility index (Phi) is 7.59. The second-order valence-corrected chi connectivity index (χ2v) is 10.8. The van der Waals surface area contributed by atoms with E-state index in [9.17, 15) is 18.3 Å². The third kappa shape index (κ3) is 5.56. The number of nitrogens with zero attached hydrogens (tertiary/aromatic N) is 2. The molecule has 1 heterocycles. The van der Waals surface area contributed by atoms with Crippen LogP contribution in [0.25, 0.3) is 16.5 Å². The number of aromatic nitrogens is 1. The number of anilines is 1. The molecular formula is C30H24ClN3O5S. The number of aromatic hydroxyl groups is 1. The first-order valence-corrected chi connectivity index (χ1v) is 14.2. The Morgan fingerprint density at radius 3 is 2.40 bits per heavy atom. The van der Waals surface area contributed by atoms with E-state index in [0.29, 0.717) is 50.8 Å². The lowest BCUT2D eigenvalue weighted by Crippen LogP contribution is -2.20. The Balaban J connectivity index is 1.55. The fourth-order valence-electron chi connectivity index (χ4n) is 4.22. The lowest BCUT2D eigenvalue weighted by atomic mass is 10.1. The zero-order valence-corrected chi connectivity index (χ0v) is 22.9. The molecule has 5 rings (SSSR count). The maximum absolute atomic E-state index is 13.4. The van der Waals surface area contributed by atoms with E-state index in [4.69, 9.17) is 16.3 Å². The first-order chi connectivity index (χ1) is 19.3. The van der Waals surface area contributed by atoms with Crippen molar-refractivity contribution in [2.24, 2.45) is 4.99 Å². The molecule has 202 valence electrons. The van der Waals surface area contributed by atoms with E-state index in [0.717, 1.165) is 0 Å². The summed E-state index contributed by atoms with van der Waals surface area (Å²) in [5, 5.41) is 12.6. The number of fused-ring (bicyclic) bond motifs is 1. The molecule has 10 heteroatoms. The highest BCUT2D eigenvalue weighted by Crippen LogP contribution is 2.28. The normalized spacial score (nSPS) is 11.7. The highest BCUT2D eigenvalue weighted by molar-refractivity contribution is 7.92. The zero-order valence-electron chi connectivity index (χ0n) is 21.3. The molecule has 5 aromatic rings. The van der Waals surface area contributed by atoms with Crippen molar-refractivity contribution in [2.45, 2.75) is 11.8 Å². The fraction of sp³-hybridized carbons (Fsp3) is 0.0667. The molecule has 0 saturated heterocycles. The third-order valence-electron chi connectivity index (χ3n) is 6.06. The van der Waals surface area contributed by atoms with Crippen molar-refractivity contribution in [3.63, 3.8) is 0 Å². The minimum absolute atomic E-state index is 0.00411. The summed E-state index contributed by atoms with van der Waals surface area (Å²) in [5.41, 5.74) is 1.01. The van der Waals surface area contributed by atoms with Crippen LogP contribution in [0.5, 0.6) is 11.6 Å². The van der Waals surface area contributed by atoms with Crippen molar-refractivity contribution in [1.82, 2.24) is 4.57 Å². The lowest BCUT2D eigenvalue weighted by Gasteiger charge is -2.14. The molecular weight excluding hydrogens is 550 g/mol. The number of benzene rings is 4. The van der Waals surface area contributed by atoms with Crippen LogP contribution in [0, 0.1) is 0 Å². The van der Waals surface area contributed by atoms with E-state index in [-0.39, 0.29) is 10.8 Å². The average Bonchev–Trinajstić information content (AvgIpc) is 2.94. The summed E-state index contributed by atoms with van der Waals surface area (Å²) < 4.78 is 35.2. The van der Waals surface area contributed by atoms with Crippen molar-refractivity contribution in [3.8, 4) is 17.3 Å². The van der Waals surface area contributed by atoms with Crippen molar-refractivity contribution in [2.75, 3.05) is 11.3 Å². The molecule has 0 amide bonds. The molecule has 0 bridgehead atoms. The van der Waals surface area contributed by atoms with Gasteiger partial charge in [-0.25, -0.2) is 13.0 Å². The van der Waals surface area contributed by atoms with Gasteiger partial charge < -0.3 is 9.84 Å². The van der Waals surface area contributed by atoms with E-state index < -0.39 is 15.6 Å². The van der Waals surface area contributed by atoms with E-state index in [1.807, 2.05) is 6.92 Å². The molecule has 40 heavy (non-hydrogen) atoms. The van der Waals surface area contributed by atoms with E-state index in [1.54, 1.807) is 78.9 Å². The Hall–Kier alpha value is -4.60. The predicted octanol–water partition coefficient (Wildman–Crippen LogP) is 6.30. The van der Waals surface area contributed by atoms with Gasteiger partial charge in [0.1, 0.15) is 5.75 Å². The fourth-order valence-corrected chi connectivity index (χ4v) is 5.50. The summed E-state index contributed by atoms with van der Waals surface area (Å²) in [5.74, 6) is 0.337. The Bertz CT molecular complexity index is 1900. The van der Waals surface area contributed by atoms with Gasteiger partial charge in [-0.15, -0.1) is 0 Å². The second-order valence-electron chi connectivity index (χ2n) is 8.72. The molecule has 0 saturated carbocycles. The molecule has 0 unspecified atom stereocenters. The number of sulfonamides is 1. The van der Waals surface area contributed by atoms with Crippen LogP contribution in [-0.4, -0.2) is 30.9 Å². The first kappa shape index (κ1) is 27.0. The number of nitrogens with one attached hydrogen (secondary N) is 1. The van der Waals surface area contributed by atoms with Gasteiger partial charge in [0, 0.05) is 22.0 Å². The summed E-state index contributed by atoms with van der Waals surface area (Å²) in [6.07, 6.45) is 1.41. The Labute approximate surface area is 235 Å². The second kappa shape index (κ2) is 11.3. The summed E-state index contributed by atoms with van der Waals surface area (Å²) in [7, 11) is -3.92. The topological polar surface area (TPSA) is 110 Å². The van der Waals surface area contributed by atoms with Crippen LogP contribution >= 0.6 is 11.6 Å². The van der Waals surface area contributed by atoms with Gasteiger partial charge in [0.05, 0.1) is 34.1 Å². The molecule has 0 aliphatic heterocycles. The molecule has 8 nitrogen and oxygen atoms in total. The van der Waals surface area contributed by atoms with Crippen molar-refractivity contribution < 1.29 is 18.3 Å². The monoisotopic (exact) mass is 573 g/mol. The third-order valence-corrected chi connectivity index (χ3v) is 7.67. The number of ether oxygens (including phenoxy) is 1. The van der Waals surface area contributed by atoms with Gasteiger partial charge in [-0.2, -0.15) is 0 Å². The van der Waals surface area contributed by atoms with Gasteiger partial charge in [0.2, 0.25) is 5.88 Å². The molecule has 0 fully saturated rings. The minimum Gasteiger partial charge on any atom is -0.494 e. The van der Waals surface area contributed by atoms with Crippen LogP contribution < -0.4 is 15.0 Å². The summed E-state index contributed by atoms with van der Waals surface area (Å²) in [6, 6.07) is 26.2. The van der Waals surface area contributed by atoms with Crippen LogP contribution in [-0.2, 0) is 10.0 Å². The Morgan fingerprint density at radius 1 is 0.950 bits per heavy atom. The molecule has 2 N–H and O–H groups in total. The maximum atomic E-state index is 13.4. The largest absolute Gasteiger partial charge is 0.494 e. The van der Waals surface area contributed by atoms with Crippen LogP contribution in [0.2, 0.25) is 5.02 Å². The highest BCUT2D eigenvalue weighted by Gasteiger charge is 2.17. The number of aliphatic imine (C=N–C) groups is 1. The summed E-state index contributed by atoms with van der Waals surface area (Å²) >= 11 is 5.98. The van der Waals surface area contributed by atoms with Gasteiger partial charge in [-0.3, -0.25) is 14.5 Å². The number of halogens is 1. The van der Waals surface area contributed by atoms with Crippen LogP contribution in [0.4, 0.5) is 11.4 Å². The molecule has 0 aliphatic rings. The molecule has 0 radical (unpaired) electrons. The van der Waals surface area contributed by atoms with Crippen LogP contribution in [0.1, 0.15) is 12.5 Å². The lowest BCUT2D eigenvalue weighted by molar-refractivity contribution is 0.340. The number of hydrogen-bond acceptors (Lipinski definition) is 6. The summed E-state index contributed by atoms with van der Waals surface area (Å²) in [4.78, 5) is 17.8. The van der Waals surface area contributed by atoms with E-state index >= 15 is 0 Å². The van der Waals surface area contributed by atoms with E-state index in [1.165, 1.54) is 29.0 Å². The zero-order chi connectivity index (χ0) is 28.3. The molecule has 1 aromatic heterocycles. The highest BCUT2D eigenvalue weighted by atomic mass is 35.5. The SMILES string of the molecule is CCOc1ccc(-n2c(O)c(C=Nc3cccc(S(=O)(=O)Nc4cccc(Cl)c4)c3)c3ccccc3c2=O)cc1. The standard InChI is InChI=1S/C30H24ClN3O5S/c1-2-39-24-15-13-23(14-16-24)34-29(35)27-12-4-3-11-26(27)28(30(34)36)19-32-21-8-6-10-25(18-21)40(37,38)33-22-9-5-7-20(31)17-22/h3-19,33,36H,2H2,1H3. The minimum atomic E-state index is -3.92. The van der Waals surface area contributed by atoms with Gasteiger partial charge in [0.25, 0.3) is 15.6 Å². The first-order valence-electron chi connectivity index (χ1n) is 12.3. The Morgan fingerprint density at radius 2 is 1.68 bits per heavy atom. The van der Waals surface area contributed by atoms with Crippen molar-refractivity contribution >= 4 is 50.0 Å². The van der Waals surface area contributed by atoms with Gasteiger partial charge in [0.15, 0.2) is 0 Å². The smallest absolute Gasteiger partial charge is 0.265 e. The quantitative estimate of drug-likeness (QED) is 0.212. The maximum Gasteiger partial charge on any atom is 0.265 e. The van der Waals surface area contributed by atoms with Crippen LogP contribution in [0.15, 0.2) is 112 Å². The van der Waals surface area contributed by atoms with Gasteiger partial charge in [-0.05, 0) is 73.7 Å². The molecule has 0 atom stereocenters. The van der Waals surface area contributed by atoms with Crippen molar-refractivity contribution in [3.05, 3.63) is 118 Å². The van der Waals surface area contributed by atoms with Gasteiger partial charge >= 0.3 is 0 Å². The predicted molar refractivity (Wildman–Crippen MR) is 158 cm³/mol. The summed E-state index contributed by atoms with van der Waals surface area (Å²) in [6.45, 7) is 2.38. The average molecular weight is 574 g/mol. The molecule has 0 aliphatic carbocycles. The molecule has 4 aromatic carbocycles. The number of rotatable bonds is 8. The van der Waals surface area contributed by atoms with Crippen molar-refractivity contribution in [1.29, 1.82) is 0 Å². The molecule has 0 spiro atoms. The van der Waals surface area contributed by atoms with E-state index in [2.05, 4.69) is 9.71 Å². The van der Waals surface area contributed by atoms with Crippen LogP contribution in [0.3, 0.4) is 0 Å². The number of pyridine rings is 1. The number of hydrogen-bond donors (Lipinski definition) is 2.